The number of aryl methyl sites for hydroxylation is 2. The predicted octanol–water partition coefficient (Wildman–Crippen LogP) is 2.71. The average Bonchev–Trinajstić information content (AvgIpc) is 3.11. The molecule has 0 aliphatic carbocycles. The molecule has 1 fully saturated rings. The molecule has 1 aromatic heterocycles. The number of hydrogen-bond donors (Lipinski definition) is 1. The van der Waals surface area contributed by atoms with E-state index in [1.165, 1.54) is 16.2 Å². The van der Waals surface area contributed by atoms with Crippen LogP contribution in [0.25, 0.3) is 0 Å². The van der Waals surface area contributed by atoms with Gasteiger partial charge in [-0.1, -0.05) is 6.92 Å². The zero-order valence-electron chi connectivity index (χ0n) is 13.1. The minimum atomic E-state index is -0.887. The summed E-state index contributed by atoms with van der Waals surface area (Å²) in [5.74, 6) is -0.966. The molecule has 122 valence electrons. The molecule has 0 spiro atoms. The Bertz CT molecular complexity index is 534. The molecule has 2 heterocycles. The van der Waals surface area contributed by atoms with Crippen molar-refractivity contribution >= 4 is 23.2 Å². The van der Waals surface area contributed by atoms with E-state index in [1.807, 2.05) is 13.0 Å². The highest BCUT2D eigenvalue weighted by Crippen LogP contribution is 2.24. The summed E-state index contributed by atoms with van der Waals surface area (Å²) in [5, 5.41) is 8.90. The van der Waals surface area contributed by atoms with Gasteiger partial charge in [-0.2, -0.15) is 0 Å². The summed E-state index contributed by atoms with van der Waals surface area (Å²) in [5.41, 5.74) is 1.13. The molecule has 1 amide bonds. The van der Waals surface area contributed by atoms with Crippen LogP contribution >= 0.6 is 11.3 Å². The Hall–Kier alpha value is -1.40. The first kappa shape index (κ1) is 17.0. The summed E-state index contributed by atoms with van der Waals surface area (Å²) in [6.45, 7) is 5.51. The van der Waals surface area contributed by atoms with Gasteiger partial charge in [0, 0.05) is 24.6 Å². The molecule has 0 unspecified atom stereocenters. The van der Waals surface area contributed by atoms with E-state index in [-0.39, 0.29) is 25.0 Å². The van der Waals surface area contributed by atoms with Crippen molar-refractivity contribution in [2.75, 3.05) is 19.7 Å². The van der Waals surface area contributed by atoms with Crippen molar-refractivity contribution in [3.63, 3.8) is 0 Å². The number of nitrogens with zero attached hydrogens (tertiary/aromatic N) is 1. The van der Waals surface area contributed by atoms with Gasteiger partial charge in [-0.05, 0) is 37.8 Å². The van der Waals surface area contributed by atoms with Crippen molar-refractivity contribution in [1.82, 2.24) is 4.90 Å². The average molecular weight is 325 g/mol. The van der Waals surface area contributed by atoms with Gasteiger partial charge in [0.2, 0.25) is 0 Å². The smallest absolute Gasteiger partial charge is 0.305 e. The summed E-state index contributed by atoms with van der Waals surface area (Å²) in [7, 11) is 0. The van der Waals surface area contributed by atoms with Crippen molar-refractivity contribution in [2.24, 2.45) is 0 Å². The van der Waals surface area contributed by atoms with Crippen LogP contribution < -0.4 is 0 Å². The third-order valence-electron chi connectivity index (χ3n) is 3.88. The fourth-order valence-corrected chi connectivity index (χ4v) is 3.75. The number of ether oxygens (including phenoxy) is 1. The third-order valence-corrected chi connectivity index (χ3v) is 5.25. The van der Waals surface area contributed by atoms with Gasteiger partial charge in [0.25, 0.3) is 5.91 Å². The quantitative estimate of drug-likeness (QED) is 0.837. The van der Waals surface area contributed by atoms with Crippen LogP contribution in [-0.4, -0.2) is 47.7 Å². The van der Waals surface area contributed by atoms with Gasteiger partial charge in [-0.25, -0.2) is 0 Å². The number of carboxylic acid groups (broad SMARTS) is 1. The Morgan fingerprint density at radius 1 is 1.50 bits per heavy atom. The molecule has 1 N–H and O–H groups in total. The minimum absolute atomic E-state index is 0.0319. The second kappa shape index (κ2) is 7.74. The zero-order chi connectivity index (χ0) is 16.1. The maximum absolute atomic E-state index is 12.7. The molecule has 1 aliphatic heterocycles. The second-order valence-corrected chi connectivity index (χ2v) is 6.74. The lowest BCUT2D eigenvalue weighted by Crippen LogP contribution is -2.38. The van der Waals surface area contributed by atoms with Crippen LogP contribution in [0.1, 0.15) is 46.3 Å². The lowest BCUT2D eigenvalue weighted by Gasteiger charge is -2.24. The Labute approximate surface area is 134 Å². The molecule has 1 saturated heterocycles. The van der Waals surface area contributed by atoms with Crippen molar-refractivity contribution in [2.45, 2.75) is 45.6 Å². The van der Waals surface area contributed by atoms with E-state index in [4.69, 9.17) is 9.84 Å². The maximum Gasteiger partial charge on any atom is 0.305 e. The van der Waals surface area contributed by atoms with Crippen LogP contribution in [0.2, 0.25) is 0 Å². The first-order chi connectivity index (χ1) is 10.5. The topological polar surface area (TPSA) is 66.8 Å². The number of rotatable bonds is 7. The molecular formula is C16H23NO4S. The SMILES string of the molecule is CCc1sc(C(=O)N(CCC(=O)O)C[C@@H]2CCCO2)cc1C. The highest BCUT2D eigenvalue weighted by atomic mass is 32.1. The van der Waals surface area contributed by atoms with E-state index in [9.17, 15) is 9.59 Å². The lowest BCUT2D eigenvalue weighted by atomic mass is 10.2. The Morgan fingerprint density at radius 2 is 2.27 bits per heavy atom. The molecule has 1 aromatic rings. The number of aliphatic carboxylic acids is 1. The van der Waals surface area contributed by atoms with Gasteiger partial charge in [0.15, 0.2) is 0 Å². The Kier molecular flexibility index (Phi) is 5.97. The first-order valence-corrected chi connectivity index (χ1v) is 8.55. The Balaban J connectivity index is 2.10. The maximum atomic E-state index is 12.7. The summed E-state index contributed by atoms with van der Waals surface area (Å²) in [6.07, 6.45) is 2.84. The number of thiophene rings is 1. The molecule has 0 radical (unpaired) electrons. The van der Waals surface area contributed by atoms with E-state index < -0.39 is 5.97 Å². The number of carboxylic acids is 1. The van der Waals surface area contributed by atoms with Crippen LogP contribution in [-0.2, 0) is 16.0 Å². The number of carbonyl (C=O) groups is 2. The van der Waals surface area contributed by atoms with Crippen molar-refractivity contribution in [3.05, 3.63) is 21.4 Å². The number of carbonyl (C=O) groups excluding carboxylic acids is 1. The van der Waals surface area contributed by atoms with Crippen LogP contribution in [0, 0.1) is 6.92 Å². The molecular weight excluding hydrogens is 302 g/mol. The second-order valence-electron chi connectivity index (χ2n) is 5.60. The molecule has 1 atom stereocenters. The van der Waals surface area contributed by atoms with Gasteiger partial charge in [-0.3, -0.25) is 9.59 Å². The van der Waals surface area contributed by atoms with Gasteiger partial charge < -0.3 is 14.7 Å². The highest BCUT2D eigenvalue weighted by Gasteiger charge is 2.25. The summed E-state index contributed by atoms with van der Waals surface area (Å²) in [6, 6.07) is 1.91. The van der Waals surface area contributed by atoms with Gasteiger partial charge in [-0.15, -0.1) is 11.3 Å². The molecule has 0 bridgehead atoms. The predicted molar refractivity (Wildman–Crippen MR) is 85.6 cm³/mol. The zero-order valence-corrected chi connectivity index (χ0v) is 13.9. The molecule has 22 heavy (non-hydrogen) atoms. The van der Waals surface area contributed by atoms with Crippen LogP contribution in [0.3, 0.4) is 0 Å². The molecule has 5 nitrogen and oxygen atoms in total. The van der Waals surface area contributed by atoms with E-state index in [0.717, 1.165) is 31.4 Å². The van der Waals surface area contributed by atoms with Crippen molar-refractivity contribution < 1.29 is 19.4 Å². The monoisotopic (exact) mass is 325 g/mol. The molecule has 0 saturated carbocycles. The highest BCUT2D eigenvalue weighted by molar-refractivity contribution is 7.14. The summed E-state index contributed by atoms with van der Waals surface area (Å²) < 4.78 is 5.59. The molecule has 2 rings (SSSR count). The molecule has 1 aliphatic rings. The number of hydrogen-bond acceptors (Lipinski definition) is 4. The number of amides is 1. The van der Waals surface area contributed by atoms with Crippen LogP contribution in [0.4, 0.5) is 0 Å². The third kappa shape index (κ3) is 4.30. The fourth-order valence-electron chi connectivity index (χ4n) is 2.67. The fraction of sp³-hybridized carbons (Fsp3) is 0.625. The van der Waals surface area contributed by atoms with Crippen LogP contribution in [0.15, 0.2) is 6.07 Å². The van der Waals surface area contributed by atoms with E-state index in [1.54, 1.807) is 4.90 Å². The largest absolute Gasteiger partial charge is 0.481 e. The first-order valence-electron chi connectivity index (χ1n) is 7.73. The normalized spacial score (nSPS) is 17.6. The van der Waals surface area contributed by atoms with E-state index >= 15 is 0 Å². The standard InChI is InChI=1S/C16H23NO4S/c1-3-13-11(2)9-14(22-13)16(20)17(7-6-15(18)19)10-12-5-4-8-21-12/h9,12H,3-8,10H2,1-2H3,(H,18,19)/t12-/m0/s1. The summed E-state index contributed by atoms with van der Waals surface area (Å²) >= 11 is 1.51. The van der Waals surface area contributed by atoms with Gasteiger partial charge in [0.1, 0.15) is 0 Å². The van der Waals surface area contributed by atoms with Gasteiger partial charge >= 0.3 is 5.97 Å². The van der Waals surface area contributed by atoms with Crippen molar-refractivity contribution in [3.8, 4) is 0 Å². The summed E-state index contributed by atoms with van der Waals surface area (Å²) in [4.78, 5) is 27.1. The minimum Gasteiger partial charge on any atom is -0.481 e. The lowest BCUT2D eigenvalue weighted by molar-refractivity contribution is -0.137. The molecule has 0 aromatic carbocycles. The Morgan fingerprint density at radius 3 is 2.82 bits per heavy atom. The van der Waals surface area contributed by atoms with Gasteiger partial charge in [0.05, 0.1) is 17.4 Å². The van der Waals surface area contributed by atoms with E-state index in [0.29, 0.717) is 11.4 Å². The van der Waals surface area contributed by atoms with Crippen LogP contribution in [0.5, 0.6) is 0 Å². The van der Waals surface area contributed by atoms with Crippen molar-refractivity contribution in [1.29, 1.82) is 0 Å². The van der Waals surface area contributed by atoms with E-state index in [2.05, 4.69) is 6.92 Å². The molecule has 6 heteroatoms.